The van der Waals surface area contributed by atoms with Gasteiger partial charge in [-0.3, -0.25) is 9.59 Å². The highest BCUT2D eigenvalue weighted by molar-refractivity contribution is 5.76. The van der Waals surface area contributed by atoms with E-state index in [1.165, 1.54) is 96.3 Å². The second-order valence-corrected chi connectivity index (χ2v) is 12.7. The van der Waals surface area contributed by atoms with Gasteiger partial charge in [-0.25, -0.2) is 0 Å². The van der Waals surface area contributed by atoms with Crippen LogP contribution in [0.3, 0.4) is 0 Å². The van der Waals surface area contributed by atoms with E-state index in [2.05, 4.69) is 18.7 Å². The monoisotopic (exact) mass is 554 g/mol. The summed E-state index contributed by atoms with van der Waals surface area (Å²) in [4.78, 5) is 27.5. The van der Waals surface area contributed by atoms with Crippen molar-refractivity contribution in [2.24, 2.45) is 5.41 Å². The van der Waals surface area contributed by atoms with E-state index in [1.54, 1.807) is 0 Å². The van der Waals surface area contributed by atoms with Crippen LogP contribution >= 0.6 is 0 Å². The van der Waals surface area contributed by atoms with Crippen molar-refractivity contribution in [3.05, 3.63) is 0 Å². The first-order valence-corrected chi connectivity index (χ1v) is 16.7. The summed E-state index contributed by atoms with van der Waals surface area (Å²) in [5, 5.41) is 0. The summed E-state index contributed by atoms with van der Waals surface area (Å²) in [7, 11) is 4.02. The largest absolute Gasteiger partial charge is 0.461 e. The molecule has 0 aliphatic heterocycles. The van der Waals surface area contributed by atoms with Gasteiger partial charge in [-0.1, -0.05) is 123 Å². The Balaban J connectivity index is 4.43. The van der Waals surface area contributed by atoms with Crippen LogP contribution in [0, 0.1) is 5.41 Å². The van der Waals surface area contributed by atoms with Gasteiger partial charge in [0.05, 0.1) is 5.41 Å². The van der Waals surface area contributed by atoms with Gasteiger partial charge in [-0.2, -0.15) is 0 Å². The molecule has 0 radical (unpaired) electrons. The van der Waals surface area contributed by atoms with E-state index in [1.807, 2.05) is 27.9 Å². The van der Waals surface area contributed by atoms with E-state index in [0.29, 0.717) is 6.42 Å². The fraction of sp³-hybridized carbons (Fsp3) is 0.941. The lowest BCUT2D eigenvalue weighted by atomic mass is 9.87. The van der Waals surface area contributed by atoms with Crippen LogP contribution in [-0.2, 0) is 19.1 Å². The van der Waals surface area contributed by atoms with Crippen molar-refractivity contribution in [3.8, 4) is 0 Å². The van der Waals surface area contributed by atoms with Gasteiger partial charge < -0.3 is 14.4 Å². The first kappa shape index (κ1) is 37.9. The van der Waals surface area contributed by atoms with Crippen molar-refractivity contribution in [2.45, 2.75) is 175 Å². The highest BCUT2D eigenvalue weighted by Crippen LogP contribution is 2.26. The Bertz CT molecular complexity index is 576. The summed E-state index contributed by atoms with van der Waals surface area (Å²) < 4.78 is 11.5. The number of carbonyl (C=O) groups excluding carboxylic acids is 2. The van der Waals surface area contributed by atoms with Crippen molar-refractivity contribution < 1.29 is 19.1 Å². The van der Waals surface area contributed by atoms with Gasteiger partial charge in [-0.05, 0) is 60.2 Å². The Hall–Kier alpha value is -1.10. The van der Waals surface area contributed by atoms with Crippen LogP contribution in [0.1, 0.15) is 169 Å². The minimum atomic E-state index is -0.500. The van der Waals surface area contributed by atoms with Gasteiger partial charge in [0, 0.05) is 6.42 Å². The van der Waals surface area contributed by atoms with Crippen molar-refractivity contribution >= 4 is 11.9 Å². The predicted octanol–water partition coefficient (Wildman–Crippen LogP) is 9.65. The Morgan fingerprint density at radius 1 is 0.667 bits per heavy atom. The maximum Gasteiger partial charge on any atom is 0.311 e. The molecule has 0 saturated heterocycles. The molecule has 0 aromatic heterocycles. The van der Waals surface area contributed by atoms with Crippen molar-refractivity contribution in [1.82, 2.24) is 4.90 Å². The van der Waals surface area contributed by atoms with Gasteiger partial charge in [-0.15, -0.1) is 0 Å². The minimum Gasteiger partial charge on any atom is -0.461 e. The van der Waals surface area contributed by atoms with Crippen molar-refractivity contribution in [2.75, 3.05) is 27.2 Å². The Kier molecular flexibility index (Phi) is 25.1. The van der Waals surface area contributed by atoms with Gasteiger partial charge >= 0.3 is 11.9 Å². The summed E-state index contributed by atoms with van der Waals surface area (Å²) in [5.74, 6) is -0.342. The standard InChI is InChI=1S/C34H67NO4/c1-7-9-11-13-15-17-18-19-21-23-26-31(39-32(36)27-25-29-35(5)6)30-38-33(37)34(3,4)28-24-22-20-16-14-12-10-8-2/h31H,7-30H2,1-6H3. The average Bonchev–Trinajstić information content (AvgIpc) is 2.89. The van der Waals surface area contributed by atoms with E-state index in [-0.39, 0.29) is 24.6 Å². The third-order valence-corrected chi connectivity index (χ3v) is 7.77. The molecule has 5 nitrogen and oxygen atoms in total. The molecule has 5 heteroatoms. The Morgan fingerprint density at radius 2 is 1.13 bits per heavy atom. The van der Waals surface area contributed by atoms with Crippen LogP contribution in [0.25, 0.3) is 0 Å². The molecule has 1 unspecified atom stereocenters. The number of carbonyl (C=O) groups is 2. The number of ether oxygens (including phenoxy) is 2. The van der Waals surface area contributed by atoms with Gasteiger partial charge in [0.25, 0.3) is 0 Å². The molecule has 0 aliphatic rings. The number of rotatable bonds is 28. The number of esters is 2. The van der Waals surface area contributed by atoms with E-state index >= 15 is 0 Å². The van der Waals surface area contributed by atoms with E-state index < -0.39 is 5.41 Å². The van der Waals surface area contributed by atoms with Gasteiger partial charge in [0.1, 0.15) is 12.7 Å². The van der Waals surface area contributed by atoms with Gasteiger partial charge in [0.15, 0.2) is 0 Å². The lowest BCUT2D eigenvalue weighted by Crippen LogP contribution is -2.31. The molecule has 0 spiro atoms. The highest BCUT2D eigenvalue weighted by atomic mass is 16.6. The van der Waals surface area contributed by atoms with Crippen LogP contribution in [0.15, 0.2) is 0 Å². The summed E-state index contributed by atoms with van der Waals surface area (Å²) in [6.07, 6.45) is 25.2. The molecule has 39 heavy (non-hydrogen) atoms. The second-order valence-electron chi connectivity index (χ2n) is 12.7. The Morgan fingerprint density at radius 3 is 1.62 bits per heavy atom. The lowest BCUT2D eigenvalue weighted by molar-refractivity contribution is -0.165. The summed E-state index contributed by atoms with van der Waals surface area (Å²) >= 11 is 0. The molecule has 0 amide bonds. The van der Waals surface area contributed by atoms with Crippen molar-refractivity contribution in [3.63, 3.8) is 0 Å². The second kappa shape index (κ2) is 25.8. The maximum absolute atomic E-state index is 12.9. The van der Waals surface area contributed by atoms with Crippen LogP contribution < -0.4 is 0 Å². The van der Waals surface area contributed by atoms with Crippen molar-refractivity contribution in [1.29, 1.82) is 0 Å². The molecule has 0 aromatic carbocycles. The normalized spacial score (nSPS) is 12.6. The molecule has 0 saturated carbocycles. The summed E-state index contributed by atoms with van der Waals surface area (Å²) in [6, 6.07) is 0. The molecule has 0 heterocycles. The molecule has 0 aliphatic carbocycles. The van der Waals surface area contributed by atoms with E-state index in [0.717, 1.165) is 45.1 Å². The van der Waals surface area contributed by atoms with Crippen LogP contribution in [-0.4, -0.2) is 50.2 Å². The molecule has 0 rings (SSSR count). The first-order valence-electron chi connectivity index (χ1n) is 16.7. The predicted molar refractivity (Wildman–Crippen MR) is 166 cm³/mol. The zero-order valence-corrected chi connectivity index (χ0v) is 27.1. The minimum absolute atomic E-state index is 0.165. The average molecular weight is 554 g/mol. The smallest absolute Gasteiger partial charge is 0.311 e. The SMILES string of the molecule is CCCCCCCCCCCCC(COC(=O)C(C)(C)CCCCCCCCCC)OC(=O)CCCN(C)C. The molecule has 232 valence electrons. The number of nitrogens with zero attached hydrogens (tertiary/aromatic N) is 1. The third-order valence-electron chi connectivity index (χ3n) is 7.77. The fourth-order valence-electron chi connectivity index (χ4n) is 4.99. The Labute approximate surface area is 243 Å². The molecular weight excluding hydrogens is 486 g/mol. The number of unbranched alkanes of at least 4 members (excludes halogenated alkanes) is 16. The quantitative estimate of drug-likeness (QED) is 0.0713. The topological polar surface area (TPSA) is 55.8 Å². The molecule has 0 bridgehead atoms. The molecule has 0 N–H and O–H groups in total. The number of hydrogen-bond acceptors (Lipinski definition) is 5. The zero-order valence-electron chi connectivity index (χ0n) is 27.1. The van der Waals surface area contributed by atoms with Gasteiger partial charge in [0.2, 0.25) is 0 Å². The molecule has 0 fully saturated rings. The zero-order chi connectivity index (χ0) is 29.2. The van der Waals surface area contributed by atoms with E-state index in [9.17, 15) is 9.59 Å². The van der Waals surface area contributed by atoms with E-state index in [4.69, 9.17) is 9.47 Å². The molecule has 0 aromatic rings. The molecular formula is C34H67NO4. The fourth-order valence-corrected chi connectivity index (χ4v) is 4.99. The van der Waals surface area contributed by atoms with Crippen LogP contribution in [0.4, 0.5) is 0 Å². The lowest BCUT2D eigenvalue weighted by Gasteiger charge is -2.25. The summed E-state index contributed by atoms with van der Waals surface area (Å²) in [6.45, 7) is 9.52. The van der Waals surface area contributed by atoms with Crippen LogP contribution in [0.2, 0.25) is 0 Å². The third kappa shape index (κ3) is 24.4. The maximum atomic E-state index is 12.9. The highest BCUT2D eigenvalue weighted by Gasteiger charge is 2.30. The van der Waals surface area contributed by atoms with Crippen LogP contribution in [0.5, 0.6) is 0 Å². The summed E-state index contributed by atoms with van der Waals surface area (Å²) in [5.41, 5.74) is -0.500. The first-order chi connectivity index (χ1) is 18.7. The number of hydrogen-bond donors (Lipinski definition) is 0. The molecule has 1 atom stereocenters.